The number of aromatic nitrogens is 1. The van der Waals surface area contributed by atoms with Crippen LogP contribution in [0.4, 0.5) is 0 Å². The van der Waals surface area contributed by atoms with Gasteiger partial charge in [0.2, 0.25) is 0 Å². The van der Waals surface area contributed by atoms with E-state index in [4.69, 9.17) is 0 Å². The zero-order valence-electron chi connectivity index (χ0n) is 10.8. The monoisotopic (exact) mass is 269 g/mol. The van der Waals surface area contributed by atoms with Gasteiger partial charge in [0, 0.05) is 31.0 Å². The third-order valence-corrected chi connectivity index (χ3v) is 4.86. The maximum Gasteiger partial charge on any atom is 0.279 e. The van der Waals surface area contributed by atoms with Gasteiger partial charge in [-0.05, 0) is 38.3 Å². The molecule has 1 saturated heterocycles. The van der Waals surface area contributed by atoms with Gasteiger partial charge in [0.05, 0.1) is 0 Å². The zero-order chi connectivity index (χ0) is 13.2. The van der Waals surface area contributed by atoms with Crippen LogP contribution >= 0.6 is 0 Å². The first-order valence-corrected chi connectivity index (χ1v) is 7.63. The van der Waals surface area contributed by atoms with Crippen molar-refractivity contribution in [2.75, 3.05) is 13.1 Å². The van der Waals surface area contributed by atoms with Crippen LogP contribution in [0.25, 0.3) is 0 Å². The van der Waals surface area contributed by atoms with Gasteiger partial charge in [-0.25, -0.2) is 0 Å². The average molecular weight is 269 g/mol. The number of aryl methyl sites for hydroxylation is 1. The van der Waals surface area contributed by atoms with E-state index in [0.717, 1.165) is 24.1 Å². The Labute approximate surface area is 108 Å². The van der Waals surface area contributed by atoms with Crippen LogP contribution in [-0.4, -0.2) is 30.8 Å². The molecule has 0 amide bonds. The van der Waals surface area contributed by atoms with E-state index in [2.05, 4.69) is 9.71 Å². The Balaban J connectivity index is 2.06. The van der Waals surface area contributed by atoms with Crippen LogP contribution in [0.3, 0.4) is 0 Å². The number of hydrogen-bond donors (Lipinski definition) is 1. The van der Waals surface area contributed by atoms with Gasteiger partial charge in [0.25, 0.3) is 10.2 Å². The Hall–Kier alpha value is -0.980. The minimum atomic E-state index is -3.36. The molecule has 0 spiro atoms. The zero-order valence-corrected chi connectivity index (χ0v) is 11.6. The number of rotatable bonds is 4. The minimum absolute atomic E-state index is 0.260. The summed E-state index contributed by atoms with van der Waals surface area (Å²) in [5.41, 5.74) is 1.80. The van der Waals surface area contributed by atoms with Gasteiger partial charge in [-0.15, -0.1) is 0 Å². The summed E-state index contributed by atoms with van der Waals surface area (Å²) in [6.07, 6.45) is 3.61. The van der Waals surface area contributed by atoms with Crippen LogP contribution in [0.2, 0.25) is 0 Å². The van der Waals surface area contributed by atoms with E-state index in [1.165, 1.54) is 4.31 Å². The maximum absolute atomic E-state index is 12.1. The lowest BCUT2D eigenvalue weighted by Gasteiger charge is -2.20. The van der Waals surface area contributed by atoms with Gasteiger partial charge in [0.15, 0.2) is 0 Å². The van der Waals surface area contributed by atoms with Gasteiger partial charge < -0.3 is 0 Å². The van der Waals surface area contributed by atoms with Gasteiger partial charge in [-0.1, -0.05) is 6.07 Å². The molecular formula is C12H19N3O2S. The molecule has 0 unspecified atom stereocenters. The lowest BCUT2D eigenvalue weighted by molar-refractivity contribution is 0.457. The third-order valence-electron chi connectivity index (χ3n) is 3.16. The summed E-state index contributed by atoms with van der Waals surface area (Å²) in [5, 5.41) is 0. The summed E-state index contributed by atoms with van der Waals surface area (Å²) < 4.78 is 28.4. The molecule has 1 aromatic heterocycles. The summed E-state index contributed by atoms with van der Waals surface area (Å²) in [6.45, 7) is 4.98. The van der Waals surface area contributed by atoms with Crippen LogP contribution in [0.15, 0.2) is 18.3 Å². The fourth-order valence-electron chi connectivity index (χ4n) is 2.03. The van der Waals surface area contributed by atoms with E-state index >= 15 is 0 Å². The largest absolute Gasteiger partial charge is 0.279 e. The summed E-state index contributed by atoms with van der Waals surface area (Å²) in [7, 11) is -3.36. The molecule has 1 aliphatic rings. The van der Waals surface area contributed by atoms with Crippen molar-refractivity contribution in [1.82, 2.24) is 14.0 Å². The number of nitrogens with one attached hydrogen (secondary N) is 1. The summed E-state index contributed by atoms with van der Waals surface area (Å²) in [5.74, 6) is 0. The molecule has 100 valence electrons. The highest BCUT2D eigenvalue weighted by Gasteiger charge is 2.26. The second kappa shape index (κ2) is 5.34. The van der Waals surface area contributed by atoms with Crippen molar-refractivity contribution in [2.45, 2.75) is 32.7 Å². The first-order chi connectivity index (χ1) is 8.49. The van der Waals surface area contributed by atoms with Crippen LogP contribution in [0.5, 0.6) is 0 Å². The van der Waals surface area contributed by atoms with Crippen LogP contribution in [-0.2, 0) is 10.2 Å². The highest BCUT2D eigenvalue weighted by molar-refractivity contribution is 7.87. The maximum atomic E-state index is 12.1. The van der Waals surface area contributed by atoms with Crippen molar-refractivity contribution >= 4 is 10.2 Å². The summed E-state index contributed by atoms with van der Waals surface area (Å²) >= 11 is 0. The second-order valence-electron chi connectivity index (χ2n) is 4.68. The van der Waals surface area contributed by atoms with Crippen molar-refractivity contribution in [1.29, 1.82) is 0 Å². The fourth-order valence-corrected chi connectivity index (χ4v) is 3.50. The molecule has 2 heterocycles. The van der Waals surface area contributed by atoms with E-state index in [9.17, 15) is 8.42 Å². The normalized spacial score (nSPS) is 19.0. The number of pyridine rings is 1. The third kappa shape index (κ3) is 3.07. The topological polar surface area (TPSA) is 62.3 Å². The van der Waals surface area contributed by atoms with Crippen LogP contribution < -0.4 is 4.72 Å². The highest BCUT2D eigenvalue weighted by atomic mass is 32.2. The van der Waals surface area contributed by atoms with Gasteiger partial charge in [-0.2, -0.15) is 17.4 Å². The lowest BCUT2D eigenvalue weighted by atomic mass is 10.1. The Morgan fingerprint density at radius 1 is 1.33 bits per heavy atom. The molecule has 1 aliphatic heterocycles. The fraction of sp³-hybridized carbons (Fsp3) is 0.583. The van der Waals surface area contributed by atoms with E-state index in [0.29, 0.717) is 13.1 Å². The average Bonchev–Trinajstić information content (AvgIpc) is 2.83. The van der Waals surface area contributed by atoms with E-state index in [-0.39, 0.29) is 6.04 Å². The Morgan fingerprint density at radius 2 is 2.00 bits per heavy atom. The number of hydrogen-bond acceptors (Lipinski definition) is 3. The Kier molecular flexibility index (Phi) is 3.99. The molecule has 5 nitrogen and oxygen atoms in total. The van der Waals surface area contributed by atoms with E-state index < -0.39 is 10.2 Å². The van der Waals surface area contributed by atoms with Gasteiger partial charge in [-0.3, -0.25) is 4.98 Å². The molecule has 18 heavy (non-hydrogen) atoms. The molecule has 1 fully saturated rings. The molecule has 0 radical (unpaired) electrons. The first-order valence-electron chi connectivity index (χ1n) is 6.19. The Bertz CT molecular complexity index is 493. The molecule has 1 atom stereocenters. The molecular weight excluding hydrogens is 250 g/mol. The van der Waals surface area contributed by atoms with Crippen molar-refractivity contribution < 1.29 is 8.42 Å². The van der Waals surface area contributed by atoms with Gasteiger partial charge in [0.1, 0.15) is 0 Å². The predicted molar refractivity (Wildman–Crippen MR) is 70.3 cm³/mol. The van der Waals surface area contributed by atoms with Crippen LogP contribution in [0, 0.1) is 6.92 Å². The molecule has 0 aliphatic carbocycles. The van der Waals surface area contributed by atoms with Crippen molar-refractivity contribution in [3.05, 3.63) is 29.6 Å². The summed E-state index contributed by atoms with van der Waals surface area (Å²) in [6, 6.07) is 3.53. The second-order valence-corrected chi connectivity index (χ2v) is 6.39. The smallest absolute Gasteiger partial charge is 0.261 e. The molecule has 0 saturated carbocycles. The molecule has 1 aromatic rings. The van der Waals surface area contributed by atoms with E-state index in [1.54, 1.807) is 6.20 Å². The van der Waals surface area contributed by atoms with E-state index in [1.807, 2.05) is 26.0 Å². The summed E-state index contributed by atoms with van der Waals surface area (Å²) in [4.78, 5) is 4.18. The Morgan fingerprint density at radius 3 is 2.56 bits per heavy atom. The highest BCUT2D eigenvalue weighted by Crippen LogP contribution is 2.16. The van der Waals surface area contributed by atoms with Crippen molar-refractivity contribution in [2.24, 2.45) is 0 Å². The molecule has 0 bridgehead atoms. The first kappa shape index (κ1) is 13.5. The predicted octanol–water partition coefficient (Wildman–Crippen LogP) is 1.38. The van der Waals surface area contributed by atoms with Crippen molar-refractivity contribution in [3.63, 3.8) is 0 Å². The molecule has 1 N–H and O–H groups in total. The lowest BCUT2D eigenvalue weighted by Crippen LogP contribution is -2.40. The quantitative estimate of drug-likeness (QED) is 0.898. The molecule has 6 heteroatoms. The standard InChI is InChI=1S/C12H19N3O2S/c1-10-5-6-12(9-13-10)11(2)14-18(16,17)15-7-3-4-8-15/h5-6,9,11,14H,3-4,7-8H2,1-2H3/t11-/m0/s1. The number of nitrogens with zero attached hydrogens (tertiary/aromatic N) is 2. The SMILES string of the molecule is Cc1ccc([C@H](C)NS(=O)(=O)N2CCCC2)cn1. The minimum Gasteiger partial charge on any atom is -0.261 e. The molecule has 0 aromatic carbocycles. The van der Waals surface area contributed by atoms with Gasteiger partial charge >= 0.3 is 0 Å². The molecule has 2 rings (SSSR count). The van der Waals surface area contributed by atoms with Crippen molar-refractivity contribution in [3.8, 4) is 0 Å². The van der Waals surface area contributed by atoms with Crippen LogP contribution in [0.1, 0.15) is 37.1 Å².